The highest BCUT2D eigenvalue weighted by molar-refractivity contribution is 5.50. The molecular formula is C17H10N2O2. The van der Waals surface area contributed by atoms with Crippen molar-refractivity contribution in [1.82, 2.24) is 0 Å². The van der Waals surface area contributed by atoms with Crippen LogP contribution in [0.25, 0.3) is 0 Å². The van der Waals surface area contributed by atoms with Gasteiger partial charge in [-0.05, 0) is 30.3 Å². The molecule has 0 aliphatic carbocycles. The smallest absolute Gasteiger partial charge is 0.148 e. The van der Waals surface area contributed by atoms with Gasteiger partial charge in [-0.1, -0.05) is 12.0 Å². The zero-order chi connectivity index (χ0) is 15.1. The van der Waals surface area contributed by atoms with Crippen LogP contribution >= 0.6 is 0 Å². The van der Waals surface area contributed by atoms with Crippen molar-refractivity contribution in [2.75, 3.05) is 6.61 Å². The van der Waals surface area contributed by atoms with Gasteiger partial charge in [-0.2, -0.15) is 10.5 Å². The van der Waals surface area contributed by atoms with Gasteiger partial charge in [0.1, 0.15) is 36.0 Å². The number of ether oxygens (including phenoxy) is 2. The van der Waals surface area contributed by atoms with E-state index in [1.54, 1.807) is 36.4 Å². The second kappa shape index (κ2) is 6.66. The Hall–Kier alpha value is -3.42. The maximum Gasteiger partial charge on any atom is 0.148 e. The third kappa shape index (κ3) is 3.53. The number of benzene rings is 2. The zero-order valence-electron chi connectivity index (χ0n) is 11.0. The Bertz CT molecular complexity index is 777. The summed E-state index contributed by atoms with van der Waals surface area (Å²) in [6, 6.07) is 15.6. The van der Waals surface area contributed by atoms with Gasteiger partial charge in [-0.15, -0.1) is 6.42 Å². The summed E-state index contributed by atoms with van der Waals surface area (Å²) in [4.78, 5) is 0. The zero-order valence-corrected chi connectivity index (χ0v) is 11.0. The molecule has 0 fully saturated rings. The Kier molecular flexibility index (Phi) is 4.44. The van der Waals surface area contributed by atoms with Gasteiger partial charge in [0.15, 0.2) is 0 Å². The summed E-state index contributed by atoms with van der Waals surface area (Å²) in [6.07, 6.45) is 5.13. The van der Waals surface area contributed by atoms with Gasteiger partial charge in [-0.3, -0.25) is 0 Å². The lowest BCUT2D eigenvalue weighted by Gasteiger charge is -2.08. The van der Waals surface area contributed by atoms with Gasteiger partial charge in [0, 0.05) is 6.07 Å². The first-order valence-corrected chi connectivity index (χ1v) is 6.05. The van der Waals surface area contributed by atoms with Crippen LogP contribution in [0.3, 0.4) is 0 Å². The van der Waals surface area contributed by atoms with E-state index >= 15 is 0 Å². The largest absolute Gasteiger partial charge is 0.481 e. The maximum atomic E-state index is 8.99. The fourth-order valence-corrected chi connectivity index (χ4v) is 1.67. The normalized spacial score (nSPS) is 9.00. The van der Waals surface area contributed by atoms with Crippen molar-refractivity contribution in [3.05, 3.63) is 53.6 Å². The van der Waals surface area contributed by atoms with Crippen LogP contribution in [-0.2, 0) is 0 Å². The van der Waals surface area contributed by atoms with Gasteiger partial charge in [0.05, 0.1) is 11.1 Å². The molecule has 0 amide bonds. The van der Waals surface area contributed by atoms with Crippen LogP contribution in [0, 0.1) is 35.0 Å². The van der Waals surface area contributed by atoms with Gasteiger partial charge in [-0.25, -0.2) is 0 Å². The predicted octanol–water partition coefficient (Wildman–Crippen LogP) is 3.23. The molecule has 4 heteroatoms. The van der Waals surface area contributed by atoms with Gasteiger partial charge < -0.3 is 9.47 Å². The molecule has 0 atom stereocenters. The molecule has 0 aromatic heterocycles. The highest BCUT2D eigenvalue weighted by Crippen LogP contribution is 2.26. The first-order valence-electron chi connectivity index (χ1n) is 6.05. The van der Waals surface area contributed by atoms with Gasteiger partial charge in [0.2, 0.25) is 0 Å². The van der Waals surface area contributed by atoms with Gasteiger partial charge in [0.25, 0.3) is 0 Å². The Morgan fingerprint density at radius 2 is 1.62 bits per heavy atom. The lowest BCUT2D eigenvalue weighted by atomic mass is 10.1. The van der Waals surface area contributed by atoms with E-state index in [0.29, 0.717) is 22.8 Å². The summed E-state index contributed by atoms with van der Waals surface area (Å²) in [5.41, 5.74) is 0.589. The molecule has 0 aliphatic rings. The van der Waals surface area contributed by atoms with Crippen molar-refractivity contribution in [2.45, 2.75) is 0 Å². The van der Waals surface area contributed by atoms with Crippen molar-refractivity contribution in [1.29, 1.82) is 10.5 Å². The predicted molar refractivity (Wildman–Crippen MR) is 76.7 cm³/mol. The minimum Gasteiger partial charge on any atom is -0.481 e. The van der Waals surface area contributed by atoms with Crippen LogP contribution in [0.2, 0.25) is 0 Å². The average Bonchev–Trinajstić information content (AvgIpc) is 2.53. The van der Waals surface area contributed by atoms with Crippen molar-refractivity contribution in [2.24, 2.45) is 0 Å². The molecular weight excluding hydrogens is 264 g/mol. The second-order valence-corrected chi connectivity index (χ2v) is 4.00. The standard InChI is InChI=1S/C17H10N2O2/c1-2-8-20-15-4-3-5-16(10-15)21-17-7-6-13(11-18)14(9-17)12-19/h1,3-7,9-10H,8H2. The molecule has 0 saturated heterocycles. The van der Waals surface area contributed by atoms with Crippen molar-refractivity contribution < 1.29 is 9.47 Å². The number of hydrogen-bond acceptors (Lipinski definition) is 4. The summed E-state index contributed by atoms with van der Waals surface area (Å²) >= 11 is 0. The Labute approximate surface area is 122 Å². The van der Waals surface area contributed by atoms with E-state index in [1.165, 1.54) is 6.07 Å². The number of hydrogen-bond donors (Lipinski definition) is 0. The third-order valence-electron chi connectivity index (χ3n) is 2.60. The lowest BCUT2D eigenvalue weighted by Crippen LogP contribution is -1.94. The lowest BCUT2D eigenvalue weighted by molar-refractivity contribution is 0.367. The fourth-order valence-electron chi connectivity index (χ4n) is 1.67. The molecule has 0 radical (unpaired) electrons. The second-order valence-electron chi connectivity index (χ2n) is 4.00. The summed E-state index contributed by atoms with van der Waals surface area (Å²) in [6.45, 7) is 0.179. The molecule has 0 saturated carbocycles. The van der Waals surface area contributed by atoms with Crippen LogP contribution < -0.4 is 9.47 Å². The SMILES string of the molecule is C#CCOc1cccc(Oc2ccc(C#N)c(C#N)c2)c1. The summed E-state index contributed by atoms with van der Waals surface area (Å²) < 4.78 is 11.0. The van der Waals surface area contributed by atoms with E-state index < -0.39 is 0 Å². The number of nitriles is 2. The fraction of sp³-hybridized carbons (Fsp3) is 0.0588. The number of terminal acetylenes is 1. The third-order valence-corrected chi connectivity index (χ3v) is 2.60. The van der Waals surface area contributed by atoms with Crippen LogP contribution in [0.5, 0.6) is 17.2 Å². The molecule has 0 aliphatic heterocycles. The number of nitrogens with zero attached hydrogens (tertiary/aromatic N) is 2. The summed E-state index contributed by atoms with van der Waals surface area (Å²) in [7, 11) is 0. The summed E-state index contributed by atoms with van der Waals surface area (Å²) in [5.74, 6) is 4.01. The van der Waals surface area contributed by atoms with E-state index in [4.69, 9.17) is 26.4 Å². The molecule has 100 valence electrons. The van der Waals surface area contributed by atoms with Crippen LogP contribution in [-0.4, -0.2) is 6.61 Å². The number of rotatable bonds is 4. The molecule has 0 N–H and O–H groups in total. The molecule has 4 nitrogen and oxygen atoms in total. The molecule has 0 unspecified atom stereocenters. The Morgan fingerprint density at radius 1 is 0.905 bits per heavy atom. The van der Waals surface area contributed by atoms with Gasteiger partial charge >= 0.3 is 0 Å². The first-order chi connectivity index (χ1) is 10.3. The summed E-state index contributed by atoms with van der Waals surface area (Å²) in [5, 5.41) is 17.9. The Morgan fingerprint density at radius 3 is 2.33 bits per heavy atom. The van der Waals surface area contributed by atoms with E-state index in [1.807, 2.05) is 12.1 Å². The van der Waals surface area contributed by atoms with E-state index in [-0.39, 0.29) is 12.2 Å². The minimum absolute atomic E-state index is 0.179. The minimum atomic E-state index is 0.179. The van der Waals surface area contributed by atoms with Crippen molar-refractivity contribution in [3.8, 4) is 41.7 Å². The molecule has 2 aromatic rings. The average molecular weight is 274 g/mol. The molecule has 21 heavy (non-hydrogen) atoms. The monoisotopic (exact) mass is 274 g/mol. The molecule has 2 rings (SSSR count). The van der Waals surface area contributed by atoms with Crippen LogP contribution in [0.4, 0.5) is 0 Å². The molecule has 0 spiro atoms. The maximum absolute atomic E-state index is 8.99. The molecule has 2 aromatic carbocycles. The topological polar surface area (TPSA) is 66.0 Å². The first kappa shape index (κ1) is 14.0. The Balaban J connectivity index is 2.21. The quantitative estimate of drug-likeness (QED) is 0.803. The van der Waals surface area contributed by atoms with Crippen molar-refractivity contribution in [3.63, 3.8) is 0 Å². The highest BCUT2D eigenvalue weighted by atomic mass is 16.5. The van der Waals surface area contributed by atoms with E-state index in [0.717, 1.165) is 0 Å². The van der Waals surface area contributed by atoms with Crippen LogP contribution in [0.15, 0.2) is 42.5 Å². The molecule has 0 heterocycles. The van der Waals surface area contributed by atoms with Crippen LogP contribution in [0.1, 0.15) is 11.1 Å². The van der Waals surface area contributed by atoms with E-state index in [9.17, 15) is 0 Å². The van der Waals surface area contributed by atoms with Crippen molar-refractivity contribution >= 4 is 0 Å². The molecule has 0 bridgehead atoms. The van der Waals surface area contributed by atoms with E-state index in [2.05, 4.69) is 5.92 Å². The highest BCUT2D eigenvalue weighted by Gasteiger charge is 2.05.